The van der Waals surface area contributed by atoms with Gasteiger partial charge in [-0.15, -0.1) is 11.3 Å². The number of sulfonamides is 1. The van der Waals surface area contributed by atoms with E-state index in [2.05, 4.69) is 22.2 Å². The lowest BCUT2D eigenvalue weighted by molar-refractivity contribution is 0.520. The fourth-order valence-corrected chi connectivity index (χ4v) is 3.22. The van der Waals surface area contributed by atoms with Gasteiger partial charge in [-0.25, -0.2) is 22.7 Å². The van der Waals surface area contributed by atoms with E-state index in [1.54, 1.807) is 29.7 Å². The Morgan fingerprint density at radius 2 is 2.10 bits per heavy atom. The lowest BCUT2D eigenvalue weighted by Crippen LogP contribution is -2.22. The second kappa shape index (κ2) is 6.50. The fraction of sp³-hybridized carbons (Fsp3) is 0.385. The summed E-state index contributed by atoms with van der Waals surface area (Å²) in [4.78, 5) is 8.60. The Labute approximate surface area is 128 Å². The first-order valence-electron chi connectivity index (χ1n) is 6.43. The highest BCUT2D eigenvalue weighted by Crippen LogP contribution is 2.19. The van der Waals surface area contributed by atoms with Crippen molar-refractivity contribution in [1.29, 1.82) is 0 Å². The summed E-state index contributed by atoms with van der Waals surface area (Å²) in [5.74, 6) is 0.924. The van der Waals surface area contributed by atoms with E-state index in [1.807, 2.05) is 5.38 Å². The molecule has 2 heterocycles. The second-order valence-corrected chi connectivity index (χ2v) is 7.90. The van der Waals surface area contributed by atoms with Crippen LogP contribution in [0.1, 0.15) is 17.8 Å². The molecule has 1 unspecified atom stereocenters. The number of nitrogens with zero attached hydrogens (tertiary/aromatic N) is 3. The molecule has 1 atom stereocenters. The summed E-state index contributed by atoms with van der Waals surface area (Å²) < 4.78 is 25.0. The summed E-state index contributed by atoms with van der Waals surface area (Å²) in [5.41, 5.74) is 0. The van der Waals surface area contributed by atoms with Gasteiger partial charge in [-0.2, -0.15) is 0 Å². The highest BCUT2D eigenvalue weighted by atomic mass is 32.2. The van der Waals surface area contributed by atoms with Crippen LogP contribution in [0.4, 0.5) is 5.82 Å². The first kappa shape index (κ1) is 15.9. The van der Waals surface area contributed by atoms with Gasteiger partial charge in [-0.1, -0.05) is 6.92 Å². The molecule has 0 fully saturated rings. The monoisotopic (exact) mass is 326 g/mol. The molecule has 0 amide bonds. The standard InChI is InChI=1S/C13H18N4O2S2/c1-10(13-14-6-7-20-13)8-15-12-5-4-11(9-16-12)21(18,19)17(2)3/h4-7,9-10H,8H2,1-3H3,(H,15,16). The van der Waals surface area contributed by atoms with Gasteiger partial charge in [0, 0.05) is 44.3 Å². The number of hydrogen-bond donors (Lipinski definition) is 1. The highest BCUT2D eigenvalue weighted by Gasteiger charge is 2.17. The van der Waals surface area contributed by atoms with E-state index in [-0.39, 0.29) is 10.8 Å². The van der Waals surface area contributed by atoms with Crippen LogP contribution in [0.15, 0.2) is 34.8 Å². The minimum Gasteiger partial charge on any atom is -0.369 e. The Morgan fingerprint density at radius 3 is 2.62 bits per heavy atom. The Balaban J connectivity index is 2.00. The van der Waals surface area contributed by atoms with E-state index < -0.39 is 10.0 Å². The molecule has 2 aromatic rings. The Kier molecular flexibility index (Phi) is 4.92. The zero-order valence-electron chi connectivity index (χ0n) is 12.1. The average Bonchev–Trinajstić information content (AvgIpc) is 2.99. The van der Waals surface area contributed by atoms with Gasteiger partial charge in [0.25, 0.3) is 0 Å². The molecule has 2 aromatic heterocycles. The lowest BCUT2D eigenvalue weighted by Gasteiger charge is -2.13. The number of thiazole rings is 1. The molecule has 2 rings (SSSR count). The van der Waals surface area contributed by atoms with Gasteiger partial charge in [-0.3, -0.25) is 0 Å². The molecule has 0 spiro atoms. The van der Waals surface area contributed by atoms with Crippen molar-refractivity contribution in [1.82, 2.24) is 14.3 Å². The van der Waals surface area contributed by atoms with Gasteiger partial charge in [0.1, 0.15) is 10.7 Å². The molecular formula is C13H18N4O2S2. The van der Waals surface area contributed by atoms with Gasteiger partial charge < -0.3 is 5.32 Å². The molecule has 21 heavy (non-hydrogen) atoms. The predicted octanol–water partition coefficient (Wildman–Crippen LogP) is 2.00. The van der Waals surface area contributed by atoms with Gasteiger partial charge in [0.2, 0.25) is 10.0 Å². The van der Waals surface area contributed by atoms with E-state index in [0.29, 0.717) is 12.4 Å². The van der Waals surface area contributed by atoms with Crippen LogP contribution in [0.5, 0.6) is 0 Å². The quantitative estimate of drug-likeness (QED) is 0.879. The van der Waals surface area contributed by atoms with E-state index in [1.165, 1.54) is 24.6 Å². The molecular weight excluding hydrogens is 308 g/mol. The topological polar surface area (TPSA) is 75.2 Å². The molecule has 114 valence electrons. The summed E-state index contributed by atoms with van der Waals surface area (Å²) in [6, 6.07) is 3.23. The van der Waals surface area contributed by atoms with Crippen LogP contribution in [0.2, 0.25) is 0 Å². The number of hydrogen-bond acceptors (Lipinski definition) is 6. The van der Waals surface area contributed by atoms with Crippen LogP contribution < -0.4 is 5.32 Å². The van der Waals surface area contributed by atoms with Crippen molar-refractivity contribution >= 4 is 27.2 Å². The number of aromatic nitrogens is 2. The van der Waals surface area contributed by atoms with Crippen molar-refractivity contribution in [2.24, 2.45) is 0 Å². The summed E-state index contributed by atoms with van der Waals surface area (Å²) >= 11 is 1.62. The lowest BCUT2D eigenvalue weighted by atomic mass is 10.2. The third kappa shape index (κ3) is 3.78. The van der Waals surface area contributed by atoms with E-state index in [4.69, 9.17) is 0 Å². The second-order valence-electron chi connectivity index (χ2n) is 4.82. The minimum atomic E-state index is -3.43. The molecule has 1 N–H and O–H groups in total. The average molecular weight is 326 g/mol. The highest BCUT2D eigenvalue weighted by molar-refractivity contribution is 7.89. The zero-order chi connectivity index (χ0) is 15.5. The van der Waals surface area contributed by atoms with Crippen LogP contribution in [-0.4, -0.2) is 43.3 Å². The molecule has 8 heteroatoms. The Bertz CT molecular complexity index is 667. The fourth-order valence-electron chi connectivity index (χ4n) is 1.67. The maximum absolute atomic E-state index is 11.9. The molecule has 0 aliphatic heterocycles. The summed E-state index contributed by atoms with van der Waals surface area (Å²) in [6.07, 6.45) is 3.15. The van der Waals surface area contributed by atoms with Crippen molar-refractivity contribution in [3.63, 3.8) is 0 Å². The third-order valence-corrected chi connectivity index (χ3v) is 5.78. The molecule has 0 aliphatic rings. The number of pyridine rings is 1. The third-order valence-electron chi connectivity index (χ3n) is 2.98. The molecule has 0 aromatic carbocycles. The van der Waals surface area contributed by atoms with Gasteiger partial charge in [0.15, 0.2) is 0 Å². The maximum Gasteiger partial charge on any atom is 0.244 e. The molecule has 0 radical (unpaired) electrons. The molecule has 0 saturated heterocycles. The van der Waals surface area contributed by atoms with Crippen molar-refractivity contribution < 1.29 is 8.42 Å². The molecule has 0 aliphatic carbocycles. The van der Waals surface area contributed by atoms with Gasteiger partial charge >= 0.3 is 0 Å². The van der Waals surface area contributed by atoms with Crippen LogP contribution in [0.25, 0.3) is 0 Å². The largest absolute Gasteiger partial charge is 0.369 e. The summed E-state index contributed by atoms with van der Waals surface area (Å²) in [5, 5.41) is 6.20. The van der Waals surface area contributed by atoms with Crippen molar-refractivity contribution in [2.45, 2.75) is 17.7 Å². The van der Waals surface area contributed by atoms with Crippen LogP contribution >= 0.6 is 11.3 Å². The van der Waals surface area contributed by atoms with Crippen molar-refractivity contribution in [3.8, 4) is 0 Å². The van der Waals surface area contributed by atoms with Crippen molar-refractivity contribution in [2.75, 3.05) is 26.0 Å². The normalized spacial score (nSPS) is 13.3. The minimum absolute atomic E-state index is 0.186. The molecule has 0 bridgehead atoms. The number of anilines is 1. The molecule has 6 nitrogen and oxygen atoms in total. The Hall–Kier alpha value is -1.51. The van der Waals surface area contributed by atoms with Crippen LogP contribution in [-0.2, 0) is 10.0 Å². The summed E-state index contributed by atoms with van der Waals surface area (Å²) in [7, 11) is -0.431. The van der Waals surface area contributed by atoms with Crippen molar-refractivity contribution in [3.05, 3.63) is 34.9 Å². The number of rotatable bonds is 6. The smallest absolute Gasteiger partial charge is 0.244 e. The van der Waals surface area contributed by atoms with E-state index in [0.717, 1.165) is 5.01 Å². The van der Waals surface area contributed by atoms with Gasteiger partial charge in [0.05, 0.1) is 5.01 Å². The van der Waals surface area contributed by atoms with Crippen LogP contribution in [0, 0.1) is 0 Å². The van der Waals surface area contributed by atoms with Crippen LogP contribution in [0.3, 0.4) is 0 Å². The Morgan fingerprint density at radius 1 is 1.33 bits per heavy atom. The van der Waals surface area contributed by atoms with E-state index in [9.17, 15) is 8.42 Å². The summed E-state index contributed by atoms with van der Waals surface area (Å²) in [6.45, 7) is 2.77. The van der Waals surface area contributed by atoms with Gasteiger partial charge in [-0.05, 0) is 12.1 Å². The first-order chi connectivity index (χ1) is 9.91. The van der Waals surface area contributed by atoms with E-state index >= 15 is 0 Å². The SMILES string of the molecule is CC(CNc1ccc(S(=O)(=O)N(C)C)cn1)c1nccs1. The number of nitrogens with one attached hydrogen (secondary N) is 1. The first-order valence-corrected chi connectivity index (χ1v) is 8.75. The zero-order valence-corrected chi connectivity index (χ0v) is 13.8. The molecule has 0 saturated carbocycles. The predicted molar refractivity (Wildman–Crippen MR) is 84.1 cm³/mol. The maximum atomic E-state index is 11.9.